The second kappa shape index (κ2) is 11.7. The Labute approximate surface area is 246 Å². The number of fused-ring (bicyclic) bond motifs is 1. The molecule has 2 aromatic heterocycles. The topological polar surface area (TPSA) is 127 Å². The van der Waals surface area contributed by atoms with E-state index in [0.717, 1.165) is 0 Å². The maximum Gasteiger partial charge on any atom is 0.263 e. The number of hydrogen-bond acceptors (Lipinski definition) is 7. The molecule has 2 aromatic carbocycles. The number of nitrogens with one attached hydrogen (secondary N) is 2. The molecular formula is C28H28Cl2N8O3. The second-order valence-corrected chi connectivity index (χ2v) is 10.8. The SMILES string of the molecule is CNC(=O)c1ccc(-n2c(NC(C)Cn3cnnc3)nc3c(c2=O)C[C@@H](C)N(C(=O)c2ccc(Cl)c(Cl)c2)C3)cc1. The van der Waals surface area contributed by atoms with Crippen molar-refractivity contribution in [3.8, 4) is 5.69 Å². The van der Waals surface area contributed by atoms with Gasteiger partial charge in [-0.2, -0.15) is 0 Å². The number of halogens is 2. The number of amides is 2. The van der Waals surface area contributed by atoms with Crippen LogP contribution in [0.25, 0.3) is 5.69 Å². The summed E-state index contributed by atoms with van der Waals surface area (Å²) < 4.78 is 3.33. The fourth-order valence-electron chi connectivity index (χ4n) is 4.87. The quantitative estimate of drug-likeness (QED) is 0.335. The lowest BCUT2D eigenvalue weighted by Crippen LogP contribution is -2.46. The molecule has 3 heterocycles. The third-order valence-corrected chi connectivity index (χ3v) is 7.72. The summed E-state index contributed by atoms with van der Waals surface area (Å²) in [5.74, 6) is -0.139. The van der Waals surface area contributed by atoms with E-state index in [1.54, 1.807) is 67.1 Å². The Morgan fingerprint density at radius 3 is 2.39 bits per heavy atom. The van der Waals surface area contributed by atoms with E-state index in [2.05, 4.69) is 20.8 Å². The zero-order chi connectivity index (χ0) is 29.3. The van der Waals surface area contributed by atoms with Crippen LogP contribution in [0.3, 0.4) is 0 Å². The monoisotopic (exact) mass is 594 g/mol. The molecule has 5 rings (SSSR count). The number of rotatable bonds is 7. The van der Waals surface area contributed by atoms with Gasteiger partial charge in [0.1, 0.15) is 12.7 Å². The normalized spacial score (nSPS) is 15.2. The molecule has 0 bridgehead atoms. The predicted octanol–water partition coefficient (Wildman–Crippen LogP) is 3.58. The second-order valence-electron chi connectivity index (χ2n) is 9.95. The molecule has 0 fully saturated rings. The summed E-state index contributed by atoms with van der Waals surface area (Å²) in [7, 11) is 1.56. The van der Waals surface area contributed by atoms with E-state index in [4.69, 9.17) is 28.2 Å². The number of benzene rings is 2. The molecule has 2 N–H and O–H groups in total. The smallest absolute Gasteiger partial charge is 0.263 e. The minimum absolute atomic E-state index is 0.149. The maximum atomic E-state index is 14.0. The maximum absolute atomic E-state index is 14.0. The van der Waals surface area contributed by atoms with Gasteiger partial charge in [0.15, 0.2) is 0 Å². The zero-order valence-corrected chi connectivity index (χ0v) is 24.1. The van der Waals surface area contributed by atoms with Gasteiger partial charge in [0.2, 0.25) is 5.95 Å². The van der Waals surface area contributed by atoms with Crippen molar-refractivity contribution >= 4 is 41.0 Å². The van der Waals surface area contributed by atoms with Gasteiger partial charge < -0.3 is 20.1 Å². The molecule has 0 spiro atoms. The molecule has 2 amide bonds. The summed E-state index contributed by atoms with van der Waals surface area (Å²) in [5, 5.41) is 14.3. The molecule has 1 aliphatic heterocycles. The van der Waals surface area contributed by atoms with Crippen LogP contribution in [-0.2, 0) is 19.5 Å². The Kier molecular flexibility index (Phi) is 8.09. The van der Waals surface area contributed by atoms with Gasteiger partial charge in [-0.3, -0.25) is 14.4 Å². The fraction of sp³-hybridized carbons (Fsp3) is 0.286. The van der Waals surface area contributed by atoms with Crippen LogP contribution in [0.4, 0.5) is 5.95 Å². The minimum Gasteiger partial charge on any atom is -0.355 e. The first-order chi connectivity index (χ1) is 19.7. The van der Waals surface area contributed by atoms with Crippen LogP contribution in [0.5, 0.6) is 0 Å². The third kappa shape index (κ3) is 5.82. The summed E-state index contributed by atoms with van der Waals surface area (Å²) in [4.78, 5) is 46.1. The summed E-state index contributed by atoms with van der Waals surface area (Å²) in [6.07, 6.45) is 3.54. The Balaban J connectivity index is 1.54. The van der Waals surface area contributed by atoms with Crippen molar-refractivity contribution in [2.24, 2.45) is 0 Å². The van der Waals surface area contributed by atoms with Crippen molar-refractivity contribution in [3.63, 3.8) is 0 Å². The van der Waals surface area contributed by atoms with Gasteiger partial charge >= 0.3 is 0 Å². The molecule has 4 aromatic rings. The molecule has 0 saturated heterocycles. The van der Waals surface area contributed by atoms with Crippen LogP contribution in [0.1, 0.15) is 45.8 Å². The highest BCUT2D eigenvalue weighted by molar-refractivity contribution is 6.42. The lowest BCUT2D eigenvalue weighted by atomic mass is 9.98. The zero-order valence-electron chi connectivity index (χ0n) is 22.6. The van der Waals surface area contributed by atoms with Gasteiger partial charge in [-0.1, -0.05) is 23.2 Å². The van der Waals surface area contributed by atoms with Crippen LogP contribution < -0.4 is 16.2 Å². The molecule has 41 heavy (non-hydrogen) atoms. The molecule has 0 aliphatic carbocycles. The molecule has 1 aliphatic rings. The summed E-state index contributed by atoms with van der Waals surface area (Å²) >= 11 is 12.2. The average molecular weight is 595 g/mol. The van der Waals surface area contributed by atoms with Gasteiger partial charge in [0, 0.05) is 42.4 Å². The summed E-state index contributed by atoms with van der Waals surface area (Å²) in [6, 6.07) is 11.1. The number of carbonyl (C=O) groups excluding carboxylic acids is 2. The highest BCUT2D eigenvalue weighted by Gasteiger charge is 2.32. The molecule has 2 atom stereocenters. The Morgan fingerprint density at radius 1 is 1.05 bits per heavy atom. The summed E-state index contributed by atoms with van der Waals surface area (Å²) in [5.41, 5.74) is 2.23. The first kappa shape index (κ1) is 28.3. The molecule has 1 unspecified atom stereocenters. The number of anilines is 1. The molecule has 13 heteroatoms. The van der Waals surface area contributed by atoms with Crippen molar-refractivity contribution in [1.82, 2.24) is 34.5 Å². The summed E-state index contributed by atoms with van der Waals surface area (Å²) in [6.45, 7) is 4.52. The Hall–Kier alpha value is -4.22. The van der Waals surface area contributed by atoms with Crippen LogP contribution in [0, 0.1) is 0 Å². The minimum atomic E-state index is -0.269. The first-order valence-electron chi connectivity index (χ1n) is 13.0. The van der Waals surface area contributed by atoms with Crippen molar-refractivity contribution in [1.29, 1.82) is 0 Å². The molecule has 0 radical (unpaired) electrons. The van der Waals surface area contributed by atoms with E-state index in [9.17, 15) is 14.4 Å². The number of nitrogens with zero attached hydrogens (tertiary/aromatic N) is 6. The van der Waals surface area contributed by atoms with Crippen LogP contribution >= 0.6 is 23.2 Å². The average Bonchev–Trinajstić information content (AvgIpc) is 3.47. The van der Waals surface area contributed by atoms with Gasteiger partial charge in [-0.15, -0.1) is 10.2 Å². The standard InChI is InChI=1S/C28H28Cl2N8O3/c1-16(12-36-14-32-33-15-36)34-28-35-24-13-37(26(40)19-6-9-22(29)23(30)11-19)17(2)10-21(24)27(41)38(28)20-7-4-18(5-8-20)25(39)31-3/h4-9,11,14-17H,10,12-13H2,1-3H3,(H,31,39)(H,34,35)/t16?,17-/m1/s1. The van der Waals surface area contributed by atoms with E-state index >= 15 is 0 Å². The highest BCUT2D eigenvalue weighted by atomic mass is 35.5. The molecular weight excluding hydrogens is 567 g/mol. The van der Waals surface area contributed by atoms with Crippen molar-refractivity contribution in [2.75, 3.05) is 12.4 Å². The van der Waals surface area contributed by atoms with E-state index < -0.39 is 0 Å². The third-order valence-electron chi connectivity index (χ3n) is 6.98. The van der Waals surface area contributed by atoms with Crippen LogP contribution in [-0.4, -0.2) is 60.2 Å². The Bertz CT molecular complexity index is 1650. The van der Waals surface area contributed by atoms with E-state index in [1.807, 2.05) is 18.4 Å². The van der Waals surface area contributed by atoms with E-state index in [-0.39, 0.29) is 36.0 Å². The number of hydrogen-bond donors (Lipinski definition) is 2. The van der Waals surface area contributed by atoms with E-state index in [0.29, 0.717) is 57.0 Å². The number of carbonyl (C=O) groups is 2. The first-order valence-corrected chi connectivity index (χ1v) is 13.7. The number of aromatic nitrogens is 5. The molecule has 0 saturated carbocycles. The molecule has 11 nitrogen and oxygen atoms in total. The van der Waals surface area contributed by atoms with Gasteiger partial charge in [-0.05, 0) is 62.7 Å². The van der Waals surface area contributed by atoms with Gasteiger partial charge in [0.05, 0.1) is 28.0 Å². The van der Waals surface area contributed by atoms with Crippen LogP contribution in [0.2, 0.25) is 10.0 Å². The van der Waals surface area contributed by atoms with Crippen molar-refractivity contribution < 1.29 is 9.59 Å². The van der Waals surface area contributed by atoms with Gasteiger partial charge in [0.25, 0.3) is 17.4 Å². The van der Waals surface area contributed by atoms with Crippen LogP contribution in [0.15, 0.2) is 59.9 Å². The fourth-order valence-corrected chi connectivity index (χ4v) is 5.16. The molecule has 212 valence electrons. The highest BCUT2D eigenvalue weighted by Crippen LogP contribution is 2.27. The largest absolute Gasteiger partial charge is 0.355 e. The predicted molar refractivity (Wildman–Crippen MR) is 156 cm³/mol. The van der Waals surface area contributed by atoms with Gasteiger partial charge in [-0.25, -0.2) is 9.55 Å². The van der Waals surface area contributed by atoms with Crippen molar-refractivity contribution in [2.45, 2.75) is 45.4 Å². The Morgan fingerprint density at radius 2 is 1.73 bits per heavy atom. The lowest BCUT2D eigenvalue weighted by Gasteiger charge is -2.35. The van der Waals surface area contributed by atoms with E-state index in [1.165, 1.54) is 4.57 Å². The lowest BCUT2D eigenvalue weighted by molar-refractivity contribution is 0.0653. The van der Waals surface area contributed by atoms with Crippen molar-refractivity contribution in [3.05, 3.63) is 97.9 Å².